The van der Waals surface area contributed by atoms with Gasteiger partial charge in [0.05, 0.1) is 6.61 Å². The molecule has 0 spiro atoms. The third-order valence-electron chi connectivity index (χ3n) is 2.42. The molecule has 70 valence electrons. The van der Waals surface area contributed by atoms with Crippen molar-refractivity contribution in [1.82, 2.24) is 0 Å². The molecule has 13 heavy (non-hydrogen) atoms. The molecular formula is C9H10O3S. The lowest BCUT2D eigenvalue weighted by molar-refractivity contribution is -0.143. The van der Waals surface area contributed by atoms with Gasteiger partial charge in [-0.25, -0.2) is 0 Å². The average Bonchev–Trinajstić information content (AvgIpc) is 2.75. The summed E-state index contributed by atoms with van der Waals surface area (Å²) in [5, 5.41) is 11.1. The topological polar surface area (TPSA) is 46.5 Å². The van der Waals surface area contributed by atoms with Crippen LogP contribution in [-0.2, 0) is 14.9 Å². The number of ether oxygens (including phenoxy) is 1. The molecule has 0 aliphatic carbocycles. The Hall–Kier alpha value is -0.870. The van der Waals surface area contributed by atoms with Crippen LogP contribution in [0.2, 0.25) is 0 Å². The van der Waals surface area contributed by atoms with Crippen molar-refractivity contribution >= 4 is 17.3 Å². The molecule has 2 rings (SSSR count). The average molecular weight is 198 g/mol. The lowest BCUT2D eigenvalue weighted by Crippen LogP contribution is -2.35. The van der Waals surface area contributed by atoms with Gasteiger partial charge in [0.1, 0.15) is 5.41 Å². The van der Waals surface area contributed by atoms with Crippen molar-refractivity contribution in [3.8, 4) is 0 Å². The lowest BCUT2D eigenvalue weighted by atomic mass is 9.86. The SMILES string of the molecule is O=C(O)C1(c2cccs2)CCOC1. The van der Waals surface area contributed by atoms with E-state index in [-0.39, 0.29) is 0 Å². The second-order valence-electron chi connectivity index (χ2n) is 3.17. The Morgan fingerprint density at radius 2 is 2.54 bits per heavy atom. The minimum atomic E-state index is -0.771. The summed E-state index contributed by atoms with van der Waals surface area (Å²) >= 11 is 1.49. The highest BCUT2D eigenvalue weighted by atomic mass is 32.1. The zero-order valence-corrected chi connectivity index (χ0v) is 7.84. The first-order valence-corrected chi connectivity index (χ1v) is 4.99. The number of aliphatic carboxylic acids is 1. The van der Waals surface area contributed by atoms with Crippen LogP contribution < -0.4 is 0 Å². The first kappa shape index (κ1) is 8.72. The van der Waals surface area contributed by atoms with Gasteiger partial charge in [-0.05, 0) is 17.9 Å². The number of rotatable bonds is 2. The van der Waals surface area contributed by atoms with Crippen LogP contribution in [0.15, 0.2) is 17.5 Å². The molecule has 0 amide bonds. The fraction of sp³-hybridized carbons (Fsp3) is 0.444. The summed E-state index contributed by atoms with van der Waals surface area (Å²) in [5.74, 6) is -0.771. The molecule has 4 heteroatoms. The van der Waals surface area contributed by atoms with E-state index in [0.717, 1.165) is 4.88 Å². The van der Waals surface area contributed by atoms with Crippen LogP contribution in [0, 0.1) is 0 Å². The molecule has 1 N–H and O–H groups in total. The third-order valence-corrected chi connectivity index (χ3v) is 3.50. The van der Waals surface area contributed by atoms with Gasteiger partial charge in [-0.3, -0.25) is 4.79 Å². The van der Waals surface area contributed by atoms with Gasteiger partial charge in [0.25, 0.3) is 0 Å². The number of thiophene rings is 1. The van der Waals surface area contributed by atoms with Gasteiger partial charge in [0.15, 0.2) is 0 Å². The third kappa shape index (κ3) is 1.26. The van der Waals surface area contributed by atoms with Crippen LogP contribution in [0.5, 0.6) is 0 Å². The fourth-order valence-electron chi connectivity index (χ4n) is 1.58. The van der Waals surface area contributed by atoms with Crippen LogP contribution >= 0.6 is 11.3 Å². The summed E-state index contributed by atoms with van der Waals surface area (Å²) in [4.78, 5) is 12.0. The predicted molar refractivity (Wildman–Crippen MR) is 49.1 cm³/mol. The molecule has 1 saturated heterocycles. The molecule has 1 aromatic rings. The Balaban J connectivity index is 2.39. The van der Waals surface area contributed by atoms with Crippen molar-refractivity contribution in [3.05, 3.63) is 22.4 Å². The largest absolute Gasteiger partial charge is 0.480 e. The standard InChI is InChI=1S/C9H10O3S/c10-8(11)9(3-4-12-6-9)7-2-1-5-13-7/h1-2,5H,3-4,6H2,(H,10,11). The van der Waals surface area contributed by atoms with Gasteiger partial charge in [0.2, 0.25) is 0 Å². The highest BCUT2D eigenvalue weighted by Gasteiger charge is 2.44. The fourth-order valence-corrected chi connectivity index (χ4v) is 2.52. The summed E-state index contributed by atoms with van der Waals surface area (Å²) < 4.78 is 5.17. The van der Waals surface area contributed by atoms with E-state index in [1.54, 1.807) is 0 Å². The smallest absolute Gasteiger partial charge is 0.317 e. The lowest BCUT2D eigenvalue weighted by Gasteiger charge is -2.19. The van der Waals surface area contributed by atoms with Crippen molar-refractivity contribution in [2.45, 2.75) is 11.8 Å². The number of carboxylic acid groups (broad SMARTS) is 1. The highest BCUT2D eigenvalue weighted by molar-refractivity contribution is 7.10. The Morgan fingerprint density at radius 1 is 1.69 bits per heavy atom. The van der Waals surface area contributed by atoms with E-state index < -0.39 is 11.4 Å². The molecule has 1 aromatic heterocycles. The van der Waals surface area contributed by atoms with Crippen molar-refractivity contribution in [2.75, 3.05) is 13.2 Å². The monoisotopic (exact) mass is 198 g/mol. The van der Waals surface area contributed by atoms with Crippen molar-refractivity contribution in [2.24, 2.45) is 0 Å². The highest BCUT2D eigenvalue weighted by Crippen LogP contribution is 2.36. The van der Waals surface area contributed by atoms with Crippen LogP contribution in [-0.4, -0.2) is 24.3 Å². The summed E-state index contributed by atoms with van der Waals surface area (Å²) in [6.07, 6.45) is 0.586. The Kier molecular flexibility index (Phi) is 2.09. The second kappa shape index (κ2) is 3.12. The normalized spacial score (nSPS) is 27.7. The molecule has 0 saturated carbocycles. The predicted octanol–water partition coefficient (Wildman–Crippen LogP) is 1.49. The molecule has 0 bridgehead atoms. The maximum atomic E-state index is 11.1. The maximum absolute atomic E-state index is 11.1. The van der Waals surface area contributed by atoms with Gasteiger partial charge >= 0.3 is 5.97 Å². The molecule has 0 aromatic carbocycles. The first-order chi connectivity index (χ1) is 6.26. The van der Waals surface area contributed by atoms with Gasteiger partial charge < -0.3 is 9.84 Å². The summed E-state index contributed by atoms with van der Waals surface area (Å²) in [6, 6.07) is 3.75. The summed E-state index contributed by atoms with van der Waals surface area (Å²) in [7, 11) is 0. The van der Waals surface area contributed by atoms with Crippen molar-refractivity contribution < 1.29 is 14.6 Å². The van der Waals surface area contributed by atoms with E-state index in [1.807, 2.05) is 17.5 Å². The second-order valence-corrected chi connectivity index (χ2v) is 4.11. The first-order valence-electron chi connectivity index (χ1n) is 4.11. The van der Waals surface area contributed by atoms with E-state index >= 15 is 0 Å². The molecule has 1 fully saturated rings. The molecule has 1 aliphatic heterocycles. The molecule has 3 nitrogen and oxygen atoms in total. The van der Waals surface area contributed by atoms with E-state index in [0.29, 0.717) is 19.6 Å². The van der Waals surface area contributed by atoms with Crippen molar-refractivity contribution in [1.29, 1.82) is 0 Å². The minimum Gasteiger partial charge on any atom is -0.480 e. The number of hydrogen-bond donors (Lipinski definition) is 1. The Labute approximate surface area is 80.0 Å². The van der Waals surface area contributed by atoms with E-state index in [9.17, 15) is 4.79 Å². The number of carboxylic acids is 1. The van der Waals surface area contributed by atoms with Gasteiger partial charge in [-0.2, -0.15) is 0 Å². The summed E-state index contributed by atoms with van der Waals surface area (Å²) in [6.45, 7) is 0.854. The van der Waals surface area contributed by atoms with Gasteiger partial charge in [-0.1, -0.05) is 6.07 Å². The van der Waals surface area contributed by atoms with E-state index in [1.165, 1.54) is 11.3 Å². The number of carbonyl (C=O) groups is 1. The Morgan fingerprint density at radius 3 is 3.00 bits per heavy atom. The molecular weight excluding hydrogens is 188 g/mol. The zero-order chi connectivity index (χ0) is 9.31. The molecule has 2 heterocycles. The Bertz CT molecular complexity index is 299. The zero-order valence-electron chi connectivity index (χ0n) is 7.03. The molecule has 1 unspecified atom stereocenters. The molecule has 0 radical (unpaired) electrons. The van der Waals surface area contributed by atoms with E-state index in [2.05, 4.69) is 0 Å². The molecule has 1 aliphatic rings. The number of hydrogen-bond acceptors (Lipinski definition) is 3. The van der Waals surface area contributed by atoms with Gasteiger partial charge in [-0.15, -0.1) is 11.3 Å². The summed E-state index contributed by atoms with van der Waals surface area (Å²) in [5.41, 5.74) is -0.770. The maximum Gasteiger partial charge on any atom is 0.317 e. The van der Waals surface area contributed by atoms with Crippen molar-refractivity contribution in [3.63, 3.8) is 0 Å². The van der Waals surface area contributed by atoms with Crippen LogP contribution in [0.25, 0.3) is 0 Å². The van der Waals surface area contributed by atoms with Crippen LogP contribution in [0.4, 0.5) is 0 Å². The van der Waals surface area contributed by atoms with Crippen LogP contribution in [0.1, 0.15) is 11.3 Å². The quantitative estimate of drug-likeness (QED) is 0.783. The minimum absolute atomic E-state index is 0.308. The van der Waals surface area contributed by atoms with Gasteiger partial charge in [0, 0.05) is 11.5 Å². The molecule has 1 atom stereocenters. The van der Waals surface area contributed by atoms with Crippen LogP contribution in [0.3, 0.4) is 0 Å². The van der Waals surface area contributed by atoms with E-state index in [4.69, 9.17) is 9.84 Å².